The lowest BCUT2D eigenvalue weighted by molar-refractivity contribution is 0.576. The number of hydrogen-bond acceptors (Lipinski definition) is 4. The summed E-state index contributed by atoms with van der Waals surface area (Å²) in [5, 5.41) is 4.84. The molecule has 5 aromatic rings. The molecule has 6 heteroatoms. The molecule has 0 N–H and O–H groups in total. The Morgan fingerprint density at radius 2 is 1.00 bits per heavy atom. The number of fused-ring (bicyclic) bond motifs is 7. The van der Waals surface area contributed by atoms with Gasteiger partial charge < -0.3 is 0 Å². The fraction of sp³-hybridized carbons (Fsp3) is 0.333. The Balaban J connectivity index is 2.06. The molecule has 1 aromatic carbocycles. The Kier molecular flexibility index (Phi) is 4.65. The van der Waals surface area contributed by atoms with Crippen LogP contribution in [0.15, 0.2) is 31.8 Å². The molecule has 0 amide bonds. The number of benzene rings is 1. The summed E-state index contributed by atoms with van der Waals surface area (Å²) in [5.41, 5.74) is 4.17. The molecular formula is C24H22Br2N2S2. The molecule has 0 bridgehead atoms. The van der Waals surface area contributed by atoms with E-state index >= 15 is 0 Å². The summed E-state index contributed by atoms with van der Waals surface area (Å²) in [6, 6.07) is 8.89. The third kappa shape index (κ3) is 3.14. The van der Waals surface area contributed by atoms with Crippen LogP contribution in [-0.4, -0.2) is 9.97 Å². The van der Waals surface area contributed by atoms with Crippen LogP contribution in [0.1, 0.15) is 52.9 Å². The molecule has 0 aliphatic heterocycles. The van der Waals surface area contributed by atoms with Crippen molar-refractivity contribution in [3.8, 4) is 0 Å². The maximum atomic E-state index is 5.27. The van der Waals surface area contributed by atoms with Crippen LogP contribution in [0.3, 0.4) is 0 Å². The van der Waals surface area contributed by atoms with Crippen molar-refractivity contribution in [2.75, 3.05) is 0 Å². The van der Waals surface area contributed by atoms with Gasteiger partial charge in [0.05, 0.1) is 30.0 Å². The zero-order valence-electron chi connectivity index (χ0n) is 17.8. The lowest BCUT2D eigenvalue weighted by atomic mass is 9.88. The zero-order valence-corrected chi connectivity index (χ0v) is 22.6. The Bertz CT molecular complexity index is 1370. The number of aromatic nitrogens is 2. The van der Waals surface area contributed by atoms with Crippen molar-refractivity contribution in [3.63, 3.8) is 0 Å². The molecule has 0 atom stereocenters. The van der Waals surface area contributed by atoms with Crippen molar-refractivity contribution in [1.82, 2.24) is 9.97 Å². The van der Waals surface area contributed by atoms with E-state index in [0.29, 0.717) is 0 Å². The molecule has 0 fully saturated rings. The minimum atomic E-state index is -0.0575. The van der Waals surface area contributed by atoms with E-state index in [1.807, 2.05) is 0 Å². The van der Waals surface area contributed by atoms with Crippen LogP contribution < -0.4 is 0 Å². The van der Waals surface area contributed by atoms with Gasteiger partial charge in [-0.2, -0.15) is 0 Å². The van der Waals surface area contributed by atoms with E-state index in [1.54, 1.807) is 22.7 Å². The average Bonchev–Trinajstić information content (AvgIpc) is 3.19. The molecule has 30 heavy (non-hydrogen) atoms. The van der Waals surface area contributed by atoms with Crippen molar-refractivity contribution in [2.24, 2.45) is 0 Å². The number of thiophene rings is 2. The highest BCUT2D eigenvalue weighted by Crippen LogP contribution is 2.44. The SMILES string of the molecule is CC(C)(C)c1nc2c(ccc3c2nc(C(C)(C)C)c2cc(Br)sc23)c2sc(Br)cc12. The van der Waals surface area contributed by atoms with E-state index in [-0.39, 0.29) is 10.8 Å². The van der Waals surface area contributed by atoms with Gasteiger partial charge in [0.15, 0.2) is 0 Å². The van der Waals surface area contributed by atoms with Crippen molar-refractivity contribution in [1.29, 1.82) is 0 Å². The summed E-state index contributed by atoms with van der Waals surface area (Å²) < 4.78 is 4.84. The highest BCUT2D eigenvalue weighted by Gasteiger charge is 2.26. The van der Waals surface area contributed by atoms with Gasteiger partial charge in [-0.05, 0) is 44.0 Å². The van der Waals surface area contributed by atoms with Gasteiger partial charge in [-0.15, -0.1) is 22.7 Å². The van der Waals surface area contributed by atoms with Gasteiger partial charge in [0.2, 0.25) is 0 Å². The smallest absolute Gasteiger partial charge is 0.0983 e. The summed E-state index contributed by atoms with van der Waals surface area (Å²) in [6.07, 6.45) is 0. The quantitative estimate of drug-likeness (QED) is 0.176. The normalized spacial score (nSPS) is 13.3. The molecule has 0 saturated heterocycles. The molecule has 0 aliphatic rings. The van der Waals surface area contributed by atoms with Crippen LogP contribution in [0.5, 0.6) is 0 Å². The van der Waals surface area contributed by atoms with Crippen molar-refractivity contribution in [3.05, 3.63) is 43.2 Å². The third-order valence-electron chi connectivity index (χ3n) is 5.42. The maximum Gasteiger partial charge on any atom is 0.0983 e. The van der Waals surface area contributed by atoms with E-state index in [4.69, 9.17) is 9.97 Å². The lowest BCUT2D eigenvalue weighted by Gasteiger charge is -2.22. The molecule has 0 unspecified atom stereocenters. The third-order valence-corrected chi connectivity index (χ3v) is 8.77. The Morgan fingerprint density at radius 3 is 1.33 bits per heavy atom. The largest absolute Gasteiger partial charge is 0.249 e. The maximum absolute atomic E-state index is 5.27. The van der Waals surface area contributed by atoms with Crippen molar-refractivity contribution >= 4 is 96.5 Å². The van der Waals surface area contributed by atoms with E-state index in [9.17, 15) is 0 Å². The number of nitrogens with zero attached hydrogens (tertiary/aromatic N) is 2. The summed E-state index contributed by atoms with van der Waals surface area (Å²) in [7, 11) is 0. The highest BCUT2D eigenvalue weighted by molar-refractivity contribution is 9.11. The van der Waals surface area contributed by atoms with E-state index < -0.39 is 0 Å². The second-order valence-corrected chi connectivity index (χ2v) is 14.7. The standard InChI is InChI=1S/C24H22Br2N2S2/c1-23(2,3)21-13-9-15(25)29-19(13)11-7-8-12-18(17(11)27-21)28-22(24(4,5)6)14-10-16(26)30-20(12)14/h7-10H,1-6H3. The molecule has 0 saturated carbocycles. The Hall–Kier alpha value is -1.08. The van der Waals surface area contributed by atoms with Crippen LogP contribution in [0.2, 0.25) is 0 Å². The molecule has 4 aromatic heterocycles. The van der Waals surface area contributed by atoms with E-state index in [1.165, 1.54) is 30.9 Å². The summed E-state index contributed by atoms with van der Waals surface area (Å²) >= 11 is 11.0. The fourth-order valence-electron chi connectivity index (χ4n) is 4.13. The van der Waals surface area contributed by atoms with Crippen molar-refractivity contribution in [2.45, 2.75) is 52.4 Å². The van der Waals surface area contributed by atoms with Crippen LogP contribution >= 0.6 is 54.5 Å². The van der Waals surface area contributed by atoms with Gasteiger partial charge in [-0.25, -0.2) is 9.97 Å². The number of rotatable bonds is 0. The second-order valence-electron chi connectivity index (χ2n) is 9.87. The summed E-state index contributed by atoms with van der Waals surface area (Å²) in [5.74, 6) is 0. The zero-order chi connectivity index (χ0) is 21.6. The van der Waals surface area contributed by atoms with Crippen LogP contribution in [0.4, 0.5) is 0 Å². The van der Waals surface area contributed by atoms with Crippen molar-refractivity contribution < 1.29 is 0 Å². The summed E-state index contributed by atoms with van der Waals surface area (Å²) in [6.45, 7) is 13.4. The first-order chi connectivity index (χ1) is 13.9. The first-order valence-electron chi connectivity index (χ1n) is 9.90. The monoisotopic (exact) mass is 560 g/mol. The fourth-order valence-corrected chi connectivity index (χ4v) is 7.39. The predicted molar refractivity (Wildman–Crippen MR) is 141 cm³/mol. The Morgan fingerprint density at radius 1 is 0.633 bits per heavy atom. The van der Waals surface area contributed by atoms with E-state index in [2.05, 4.69) is 97.7 Å². The minimum Gasteiger partial charge on any atom is -0.249 e. The number of pyridine rings is 2. The predicted octanol–water partition coefficient (Wildman–Crippen LogP) is 9.33. The molecule has 0 radical (unpaired) electrons. The highest BCUT2D eigenvalue weighted by atomic mass is 79.9. The first-order valence-corrected chi connectivity index (χ1v) is 13.1. The Labute approximate surface area is 201 Å². The van der Waals surface area contributed by atoms with Crippen LogP contribution in [0.25, 0.3) is 42.0 Å². The van der Waals surface area contributed by atoms with Gasteiger partial charge in [0.25, 0.3) is 0 Å². The molecule has 0 spiro atoms. The van der Waals surface area contributed by atoms with Crippen LogP contribution in [-0.2, 0) is 10.8 Å². The molecule has 2 nitrogen and oxygen atoms in total. The van der Waals surface area contributed by atoms with Gasteiger partial charge in [-0.1, -0.05) is 53.7 Å². The number of hydrogen-bond donors (Lipinski definition) is 0. The molecule has 0 aliphatic carbocycles. The van der Waals surface area contributed by atoms with Crippen LogP contribution in [0, 0.1) is 0 Å². The molecule has 4 heterocycles. The van der Waals surface area contributed by atoms with Gasteiger partial charge in [0.1, 0.15) is 0 Å². The lowest BCUT2D eigenvalue weighted by Crippen LogP contribution is -2.15. The molecular weight excluding hydrogens is 540 g/mol. The molecule has 5 rings (SSSR count). The van der Waals surface area contributed by atoms with Gasteiger partial charge in [0, 0.05) is 41.8 Å². The van der Waals surface area contributed by atoms with Gasteiger partial charge in [-0.3, -0.25) is 0 Å². The number of halogens is 2. The van der Waals surface area contributed by atoms with E-state index in [0.717, 1.165) is 30.0 Å². The van der Waals surface area contributed by atoms with Gasteiger partial charge >= 0.3 is 0 Å². The summed E-state index contributed by atoms with van der Waals surface area (Å²) in [4.78, 5) is 10.5. The first kappa shape index (κ1) is 20.8. The second kappa shape index (κ2) is 6.71. The molecule has 154 valence electrons. The topological polar surface area (TPSA) is 25.8 Å². The minimum absolute atomic E-state index is 0.0575. The average molecular weight is 562 g/mol.